The fourth-order valence-corrected chi connectivity index (χ4v) is 2.01. The first-order valence-corrected chi connectivity index (χ1v) is 6.75. The van der Waals surface area contributed by atoms with E-state index in [2.05, 4.69) is 0 Å². The van der Waals surface area contributed by atoms with E-state index in [-0.39, 0.29) is 12.4 Å². The summed E-state index contributed by atoms with van der Waals surface area (Å²) in [6, 6.07) is 9.87. The summed E-state index contributed by atoms with van der Waals surface area (Å²) in [5.41, 5.74) is 2.51. The maximum absolute atomic E-state index is 13.3. The summed E-state index contributed by atoms with van der Waals surface area (Å²) in [4.78, 5) is 0. The first-order valence-electron chi connectivity index (χ1n) is 6.75. The van der Waals surface area contributed by atoms with Crippen LogP contribution in [0.15, 0.2) is 36.4 Å². The number of aryl methyl sites for hydroxylation is 1. The SMILES string of the molecule is COc1cc(C(C)O)ccc1OCc1cc(F)ccc1C. The zero-order valence-corrected chi connectivity index (χ0v) is 12.4. The molecule has 1 N–H and O–H groups in total. The van der Waals surface area contributed by atoms with Crippen molar-refractivity contribution in [1.82, 2.24) is 0 Å². The number of benzene rings is 2. The fraction of sp³-hybridized carbons (Fsp3) is 0.294. The second kappa shape index (κ2) is 6.59. The van der Waals surface area contributed by atoms with Gasteiger partial charge in [-0.05, 0) is 54.8 Å². The fourth-order valence-electron chi connectivity index (χ4n) is 2.01. The van der Waals surface area contributed by atoms with Crippen LogP contribution >= 0.6 is 0 Å². The number of rotatable bonds is 5. The van der Waals surface area contributed by atoms with Gasteiger partial charge < -0.3 is 14.6 Å². The zero-order chi connectivity index (χ0) is 15.4. The molecule has 0 saturated carbocycles. The predicted octanol–water partition coefficient (Wildman–Crippen LogP) is 3.78. The van der Waals surface area contributed by atoms with Crippen LogP contribution in [0.2, 0.25) is 0 Å². The van der Waals surface area contributed by atoms with Crippen LogP contribution in [-0.2, 0) is 6.61 Å². The topological polar surface area (TPSA) is 38.7 Å². The van der Waals surface area contributed by atoms with Crippen LogP contribution in [0.5, 0.6) is 11.5 Å². The van der Waals surface area contributed by atoms with Crippen LogP contribution in [0.1, 0.15) is 29.7 Å². The summed E-state index contributed by atoms with van der Waals surface area (Å²) in [5.74, 6) is 0.823. The third-order valence-electron chi connectivity index (χ3n) is 3.36. The maximum Gasteiger partial charge on any atom is 0.161 e. The number of hydrogen-bond acceptors (Lipinski definition) is 3. The Kier molecular flexibility index (Phi) is 4.81. The lowest BCUT2D eigenvalue weighted by atomic mass is 10.1. The molecule has 1 unspecified atom stereocenters. The lowest BCUT2D eigenvalue weighted by Crippen LogP contribution is -2.01. The van der Waals surface area contributed by atoms with E-state index in [1.165, 1.54) is 12.1 Å². The Morgan fingerprint density at radius 3 is 2.57 bits per heavy atom. The molecule has 2 aromatic carbocycles. The summed E-state index contributed by atoms with van der Waals surface area (Å²) in [5, 5.41) is 9.57. The quantitative estimate of drug-likeness (QED) is 0.911. The third-order valence-corrected chi connectivity index (χ3v) is 3.36. The van der Waals surface area contributed by atoms with E-state index in [1.807, 2.05) is 6.92 Å². The van der Waals surface area contributed by atoms with Gasteiger partial charge >= 0.3 is 0 Å². The van der Waals surface area contributed by atoms with Crippen molar-refractivity contribution in [2.75, 3.05) is 7.11 Å². The van der Waals surface area contributed by atoms with Crippen molar-refractivity contribution in [3.8, 4) is 11.5 Å². The van der Waals surface area contributed by atoms with Crippen LogP contribution in [0.4, 0.5) is 4.39 Å². The van der Waals surface area contributed by atoms with Crippen molar-refractivity contribution in [3.63, 3.8) is 0 Å². The number of aliphatic hydroxyl groups is 1. The second-order valence-corrected chi connectivity index (χ2v) is 4.95. The van der Waals surface area contributed by atoms with E-state index in [1.54, 1.807) is 38.3 Å². The molecule has 0 amide bonds. The third kappa shape index (κ3) is 3.73. The Labute approximate surface area is 124 Å². The molecule has 0 aromatic heterocycles. The molecular weight excluding hydrogens is 271 g/mol. The lowest BCUT2D eigenvalue weighted by molar-refractivity contribution is 0.198. The molecule has 4 heteroatoms. The van der Waals surface area contributed by atoms with Gasteiger partial charge in [0.25, 0.3) is 0 Å². The number of hydrogen-bond donors (Lipinski definition) is 1. The van der Waals surface area contributed by atoms with E-state index in [0.717, 1.165) is 16.7 Å². The van der Waals surface area contributed by atoms with Gasteiger partial charge in [-0.3, -0.25) is 0 Å². The van der Waals surface area contributed by atoms with Crippen molar-refractivity contribution < 1.29 is 19.0 Å². The smallest absolute Gasteiger partial charge is 0.161 e. The van der Waals surface area contributed by atoms with Gasteiger partial charge in [-0.25, -0.2) is 4.39 Å². The van der Waals surface area contributed by atoms with Crippen LogP contribution in [0.25, 0.3) is 0 Å². The van der Waals surface area contributed by atoms with Gasteiger partial charge in [-0.15, -0.1) is 0 Å². The Hall–Kier alpha value is -2.07. The van der Waals surface area contributed by atoms with Crippen LogP contribution < -0.4 is 9.47 Å². The minimum Gasteiger partial charge on any atom is -0.493 e. The Morgan fingerprint density at radius 1 is 1.14 bits per heavy atom. The summed E-state index contributed by atoms with van der Waals surface area (Å²) in [6.07, 6.45) is -0.571. The number of ether oxygens (including phenoxy) is 2. The standard InChI is InChI=1S/C17H19FO3/c1-11-4-6-15(18)8-14(11)10-21-16-7-5-13(12(2)19)9-17(16)20-3/h4-9,12,19H,10H2,1-3H3. The summed E-state index contributed by atoms with van der Waals surface area (Å²) in [7, 11) is 1.54. The minimum atomic E-state index is -0.571. The molecule has 2 aromatic rings. The normalized spacial score (nSPS) is 12.0. The molecule has 3 nitrogen and oxygen atoms in total. The van der Waals surface area contributed by atoms with Crippen LogP contribution in [-0.4, -0.2) is 12.2 Å². The summed E-state index contributed by atoms with van der Waals surface area (Å²) in [6.45, 7) is 3.85. The molecule has 0 aliphatic heterocycles. The molecule has 112 valence electrons. The highest BCUT2D eigenvalue weighted by atomic mass is 19.1. The predicted molar refractivity (Wildman–Crippen MR) is 79.1 cm³/mol. The Bertz CT molecular complexity index is 623. The van der Waals surface area contributed by atoms with Gasteiger partial charge in [0, 0.05) is 0 Å². The molecule has 2 rings (SSSR count). The van der Waals surface area contributed by atoms with E-state index in [0.29, 0.717) is 11.5 Å². The van der Waals surface area contributed by atoms with E-state index >= 15 is 0 Å². The molecule has 0 aliphatic rings. The monoisotopic (exact) mass is 290 g/mol. The van der Waals surface area contributed by atoms with Crippen molar-refractivity contribution in [2.45, 2.75) is 26.6 Å². The van der Waals surface area contributed by atoms with Crippen molar-refractivity contribution in [3.05, 3.63) is 58.9 Å². The summed E-state index contributed by atoms with van der Waals surface area (Å²) >= 11 is 0. The highest BCUT2D eigenvalue weighted by Crippen LogP contribution is 2.31. The molecule has 0 saturated heterocycles. The highest BCUT2D eigenvalue weighted by Gasteiger charge is 2.10. The molecule has 0 radical (unpaired) electrons. The highest BCUT2D eigenvalue weighted by molar-refractivity contribution is 5.43. The van der Waals surface area contributed by atoms with Gasteiger partial charge in [0.1, 0.15) is 12.4 Å². The first kappa shape index (κ1) is 15.3. The molecular formula is C17H19FO3. The van der Waals surface area contributed by atoms with Crippen molar-refractivity contribution >= 4 is 0 Å². The second-order valence-electron chi connectivity index (χ2n) is 4.95. The van der Waals surface area contributed by atoms with Crippen molar-refractivity contribution in [2.24, 2.45) is 0 Å². The van der Waals surface area contributed by atoms with Crippen molar-refractivity contribution in [1.29, 1.82) is 0 Å². The van der Waals surface area contributed by atoms with Crippen LogP contribution in [0, 0.1) is 12.7 Å². The number of halogens is 1. The van der Waals surface area contributed by atoms with Crippen LogP contribution in [0.3, 0.4) is 0 Å². The van der Waals surface area contributed by atoms with E-state index in [4.69, 9.17) is 9.47 Å². The van der Waals surface area contributed by atoms with E-state index in [9.17, 15) is 9.50 Å². The Morgan fingerprint density at radius 2 is 1.90 bits per heavy atom. The first-order chi connectivity index (χ1) is 10.0. The zero-order valence-electron chi connectivity index (χ0n) is 12.4. The molecule has 0 fully saturated rings. The molecule has 0 bridgehead atoms. The van der Waals surface area contributed by atoms with Gasteiger partial charge in [-0.2, -0.15) is 0 Å². The average Bonchev–Trinajstić information content (AvgIpc) is 2.47. The molecule has 21 heavy (non-hydrogen) atoms. The largest absolute Gasteiger partial charge is 0.493 e. The molecule has 1 atom stereocenters. The van der Waals surface area contributed by atoms with E-state index < -0.39 is 6.10 Å². The average molecular weight is 290 g/mol. The maximum atomic E-state index is 13.3. The van der Waals surface area contributed by atoms with Gasteiger partial charge in [0.05, 0.1) is 13.2 Å². The number of methoxy groups -OCH3 is 1. The molecule has 0 spiro atoms. The van der Waals surface area contributed by atoms with Gasteiger partial charge in [0.2, 0.25) is 0 Å². The number of aliphatic hydroxyl groups excluding tert-OH is 1. The Balaban J connectivity index is 2.18. The lowest BCUT2D eigenvalue weighted by Gasteiger charge is -2.14. The summed E-state index contributed by atoms with van der Waals surface area (Å²) < 4.78 is 24.2. The minimum absolute atomic E-state index is 0.258. The van der Waals surface area contributed by atoms with Gasteiger partial charge in [-0.1, -0.05) is 12.1 Å². The molecule has 0 heterocycles. The molecule has 0 aliphatic carbocycles. The van der Waals surface area contributed by atoms with Gasteiger partial charge in [0.15, 0.2) is 11.5 Å².